The van der Waals surface area contributed by atoms with Gasteiger partial charge < -0.3 is 14.7 Å². The van der Waals surface area contributed by atoms with Crippen LogP contribution in [-0.4, -0.2) is 51.7 Å². The molecular formula is C25H23N3O5S. The first-order valence-electron chi connectivity index (χ1n) is 11.0. The molecule has 8 nitrogen and oxygen atoms in total. The normalized spacial score (nSPS) is 18.9. The van der Waals surface area contributed by atoms with E-state index in [1.54, 1.807) is 6.92 Å². The summed E-state index contributed by atoms with van der Waals surface area (Å²) in [4.78, 5) is 42.5. The number of fused-ring (bicyclic) bond motifs is 3. The van der Waals surface area contributed by atoms with E-state index < -0.39 is 23.5 Å². The first-order valence-corrected chi connectivity index (χ1v) is 11.9. The molecule has 2 aromatic carbocycles. The molecule has 1 atom stereocenters. The van der Waals surface area contributed by atoms with Crippen LogP contribution in [-0.2, 0) is 9.53 Å². The summed E-state index contributed by atoms with van der Waals surface area (Å²) in [6, 6.07) is 16.2. The Kier molecular flexibility index (Phi) is 5.57. The second-order valence-electron chi connectivity index (χ2n) is 8.63. The summed E-state index contributed by atoms with van der Waals surface area (Å²) in [6.45, 7) is 2.07. The van der Waals surface area contributed by atoms with E-state index in [4.69, 9.17) is 4.74 Å². The number of rotatable bonds is 5. The third-order valence-corrected chi connectivity index (χ3v) is 7.38. The Labute approximate surface area is 200 Å². The minimum Gasteiger partial charge on any atom is -0.480 e. The molecule has 5 rings (SSSR count). The van der Waals surface area contributed by atoms with E-state index in [0.717, 1.165) is 33.6 Å². The summed E-state index contributed by atoms with van der Waals surface area (Å²) in [5.41, 5.74) is 3.38. The molecule has 2 amide bonds. The Bertz CT molecular complexity index is 1240. The van der Waals surface area contributed by atoms with Gasteiger partial charge in [0.25, 0.3) is 5.91 Å². The SMILES string of the molecule is CC1(C(=O)O)CCCN1C(=O)c1csc(NC(=O)OCC2c3ccccc3-c3ccccc32)n1. The fourth-order valence-electron chi connectivity index (χ4n) is 4.80. The number of anilines is 1. The minimum absolute atomic E-state index is 0.0598. The number of hydrogen-bond acceptors (Lipinski definition) is 6. The highest BCUT2D eigenvalue weighted by Gasteiger charge is 2.46. The maximum absolute atomic E-state index is 12.9. The molecule has 1 fully saturated rings. The van der Waals surface area contributed by atoms with Crippen molar-refractivity contribution in [1.82, 2.24) is 9.88 Å². The lowest BCUT2D eigenvalue weighted by Crippen LogP contribution is -2.50. The van der Waals surface area contributed by atoms with E-state index in [1.807, 2.05) is 36.4 Å². The number of carbonyl (C=O) groups is 3. The summed E-state index contributed by atoms with van der Waals surface area (Å²) in [7, 11) is 0. The van der Waals surface area contributed by atoms with Gasteiger partial charge in [-0.15, -0.1) is 11.3 Å². The number of carboxylic acid groups (broad SMARTS) is 1. The molecule has 0 bridgehead atoms. The van der Waals surface area contributed by atoms with Crippen molar-refractivity contribution in [3.8, 4) is 11.1 Å². The van der Waals surface area contributed by atoms with Gasteiger partial charge >= 0.3 is 12.1 Å². The van der Waals surface area contributed by atoms with Crippen LogP contribution >= 0.6 is 11.3 Å². The van der Waals surface area contributed by atoms with Crippen molar-refractivity contribution < 1.29 is 24.2 Å². The number of carbonyl (C=O) groups excluding carboxylic acids is 2. The fraction of sp³-hybridized carbons (Fsp3) is 0.280. The van der Waals surface area contributed by atoms with Crippen LogP contribution in [0.15, 0.2) is 53.9 Å². The highest BCUT2D eigenvalue weighted by Crippen LogP contribution is 2.44. The lowest BCUT2D eigenvalue weighted by Gasteiger charge is -2.30. The second kappa shape index (κ2) is 8.57. The molecule has 9 heteroatoms. The molecule has 1 aromatic heterocycles. The van der Waals surface area contributed by atoms with Crippen LogP contribution in [0, 0.1) is 0 Å². The molecule has 3 aromatic rings. The molecule has 2 aliphatic rings. The number of carboxylic acids is 1. The van der Waals surface area contributed by atoms with E-state index >= 15 is 0 Å². The predicted octanol–water partition coefficient (Wildman–Crippen LogP) is 4.58. The van der Waals surface area contributed by atoms with Crippen molar-refractivity contribution >= 4 is 34.4 Å². The standard InChI is InChI=1S/C25H23N3O5S/c1-25(22(30)31)11-6-12-28(25)21(29)20-14-34-23(26-20)27-24(32)33-13-19-17-9-4-2-7-15(17)16-8-3-5-10-18(16)19/h2-5,7-10,14,19H,6,11-13H2,1H3,(H,30,31)(H,26,27,32). The number of hydrogen-bond donors (Lipinski definition) is 2. The van der Waals surface area contributed by atoms with Gasteiger partial charge in [-0.05, 0) is 42.0 Å². The molecular weight excluding hydrogens is 454 g/mol. The molecule has 0 radical (unpaired) electrons. The maximum Gasteiger partial charge on any atom is 0.413 e. The zero-order valence-corrected chi connectivity index (χ0v) is 19.3. The second-order valence-corrected chi connectivity index (χ2v) is 9.49. The van der Waals surface area contributed by atoms with Gasteiger partial charge in [0.1, 0.15) is 17.8 Å². The van der Waals surface area contributed by atoms with Gasteiger partial charge in [-0.25, -0.2) is 14.6 Å². The first kappa shape index (κ1) is 22.1. The number of nitrogens with zero attached hydrogens (tertiary/aromatic N) is 2. The molecule has 2 N–H and O–H groups in total. The van der Waals surface area contributed by atoms with Crippen molar-refractivity contribution in [2.45, 2.75) is 31.2 Å². The Morgan fingerprint density at radius 2 is 1.79 bits per heavy atom. The van der Waals surface area contributed by atoms with Gasteiger partial charge in [0.15, 0.2) is 5.13 Å². The summed E-state index contributed by atoms with van der Waals surface area (Å²) in [5, 5.41) is 13.9. The summed E-state index contributed by atoms with van der Waals surface area (Å²) in [5.74, 6) is -1.56. The summed E-state index contributed by atoms with van der Waals surface area (Å²) >= 11 is 1.09. The number of aromatic nitrogens is 1. The van der Waals surface area contributed by atoms with Crippen LogP contribution in [0.1, 0.15) is 47.3 Å². The summed E-state index contributed by atoms with van der Waals surface area (Å²) in [6.07, 6.45) is 0.346. The molecule has 1 unspecified atom stereocenters. The van der Waals surface area contributed by atoms with E-state index in [-0.39, 0.29) is 23.4 Å². The third-order valence-electron chi connectivity index (χ3n) is 6.62. The lowest BCUT2D eigenvalue weighted by molar-refractivity contribution is -0.147. The number of ether oxygens (including phenoxy) is 1. The van der Waals surface area contributed by atoms with E-state index in [1.165, 1.54) is 10.3 Å². The molecule has 0 spiro atoms. The molecule has 34 heavy (non-hydrogen) atoms. The highest BCUT2D eigenvalue weighted by molar-refractivity contribution is 7.14. The third kappa shape index (κ3) is 3.71. The van der Waals surface area contributed by atoms with Crippen molar-refractivity contribution in [2.75, 3.05) is 18.5 Å². The van der Waals surface area contributed by atoms with Crippen molar-refractivity contribution in [1.29, 1.82) is 0 Å². The Balaban J connectivity index is 1.24. The van der Waals surface area contributed by atoms with Gasteiger partial charge in [-0.3, -0.25) is 10.1 Å². The van der Waals surface area contributed by atoms with Crippen LogP contribution in [0.5, 0.6) is 0 Å². The largest absolute Gasteiger partial charge is 0.480 e. The first-order chi connectivity index (χ1) is 16.4. The quantitative estimate of drug-likeness (QED) is 0.557. The Hall–Kier alpha value is -3.72. The van der Waals surface area contributed by atoms with Crippen LogP contribution in [0.25, 0.3) is 11.1 Å². The van der Waals surface area contributed by atoms with Gasteiger partial charge in [-0.1, -0.05) is 48.5 Å². The number of likely N-dealkylation sites (tertiary alicyclic amines) is 1. The Morgan fingerprint density at radius 3 is 2.44 bits per heavy atom. The number of benzene rings is 2. The summed E-state index contributed by atoms with van der Waals surface area (Å²) < 4.78 is 5.52. The van der Waals surface area contributed by atoms with Crippen LogP contribution in [0.2, 0.25) is 0 Å². The van der Waals surface area contributed by atoms with Crippen molar-refractivity contribution in [3.63, 3.8) is 0 Å². The van der Waals surface area contributed by atoms with Gasteiger partial charge in [0.05, 0.1) is 0 Å². The van der Waals surface area contributed by atoms with E-state index in [9.17, 15) is 19.5 Å². The van der Waals surface area contributed by atoms with Crippen LogP contribution in [0.4, 0.5) is 9.93 Å². The van der Waals surface area contributed by atoms with Gasteiger partial charge in [0, 0.05) is 17.8 Å². The molecule has 174 valence electrons. The van der Waals surface area contributed by atoms with E-state index in [2.05, 4.69) is 22.4 Å². The number of nitrogens with one attached hydrogen (secondary N) is 1. The fourth-order valence-corrected chi connectivity index (χ4v) is 5.47. The number of amides is 2. The lowest BCUT2D eigenvalue weighted by atomic mass is 9.98. The van der Waals surface area contributed by atoms with Crippen molar-refractivity contribution in [2.24, 2.45) is 0 Å². The number of thiazole rings is 1. The highest BCUT2D eigenvalue weighted by atomic mass is 32.1. The molecule has 1 aliphatic heterocycles. The van der Waals surface area contributed by atoms with Crippen molar-refractivity contribution in [3.05, 3.63) is 70.7 Å². The number of aliphatic carboxylic acids is 1. The monoisotopic (exact) mass is 477 g/mol. The Morgan fingerprint density at radius 1 is 1.15 bits per heavy atom. The molecule has 2 heterocycles. The molecule has 1 aliphatic carbocycles. The topological polar surface area (TPSA) is 109 Å². The molecule has 1 saturated heterocycles. The van der Waals surface area contributed by atoms with Gasteiger partial charge in [0.2, 0.25) is 0 Å². The predicted molar refractivity (Wildman–Crippen MR) is 127 cm³/mol. The minimum atomic E-state index is -1.25. The molecule has 0 saturated carbocycles. The average Bonchev–Trinajstić information content (AvgIpc) is 3.54. The van der Waals surface area contributed by atoms with Crippen LogP contribution in [0.3, 0.4) is 0 Å². The average molecular weight is 478 g/mol. The van der Waals surface area contributed by atoms with Gasteiger partial charge in [-0.2, -0.15) is 0 Å². The smallest absolute Gasteiger partial charge is 0.413 e. The van der Waals surface area contributed by atoms with E-state index in [0.29, 0.717) is 19.4 Å². The zero-order chi connectivity index (χ0) is 23.9. The zero-order valence-electron chi connectivity index (χ0n) is 18.5. The maximum atomic E-state index is 12.9. The van der Waals surface area contributed by atoms with Crippen LogP contribution < -0.4 is 5.32 Å².